The van der Waals surface area contributed by atoms with Crippen molar-refractivity contribution in [2.75, 3.05) is 19.8 Å². The Hall–Kier alpha value is -2.80. The fourth-order valence-corrected chi connectivity index (χ4v) is 3.41. The number of aromatic nitrogens is 4. The summed E-state index contributed by atoms with van der Waals surface area (Å²) in [5.74, 6) is -0.0494. The normalized spacial score (nSPS) is 17.6. The maximum absolute atomic E-state index is 13.1. The molecule has 0 unspecified atom stereocenters. The number of aromatic amines is 1. The molecule has 0 aliphatic carbocycles. The van der Waals surface area contributed by atoms with Gasteiger partial charge in [0.25, 0.3) is 5.91 Å². The molecule has 7 nitrogen and oxygen atoms in total. The first-order valence-electron chi connectivity index (χ1n) is 8.82. The molecule has 7 heteroatoms. The minimum Gasteiger partial charge on any atom is -0.377 e. The van der Waals surface area contributed by atoms with E-state index in [0.717, 1.165) is 35.1 Å². The summed E-state index contributed by atoms with van der Waals surface area (Å²) in [4.78, 5) is 23.7. The van der Waals surface area contributed by atoms with Crippen molar-refractivity contribution in [3.05, 3.63) is 53.7 Å². The molecular formula is C19H21N5O2. The lowest BCUT2D eigenvalue weighted by atomic mass is 10.1. The number of benzene rings is 1. The van der Waals surface area contributed by atoms with Crippen LogP contribution in [0.15, 0.2) is 36.7 Å². The number of fused-ring (bicyclic) bond motifs is 1. The summed E-state index contributed by atoms with van der Waals surface area (Å²) < 4.78 is 5.63. The Morgan fingerprint density at radius 1 is 1.31 bits per heavy atom. The van der Waals surface area contributed by atoms with Crippen LogP contribution in [0, 0.1) is 6.92 Å². The number of amides is 1. The fraction of sp³-hybridized carbons (Fsp3) is 0.368. The lowest BCUT2D eigenvalue weighted by Crippen LogP contribution is -2.49. The number of nitrogens with zero attached hydrogens (tertiary/aromatic N) is 4. The molecule has 134 valence electrons. The third kappa shape index (κ3) is 3.17. The van der Waals surface area contributed by atoms with Gasteiger partial charge >= 0.3 is 0 Å². The molecule has 0 radical (unpaired) electrons. The molecule has 0 bridgehead atoms. The highest BCUT2D eigenvalue weighted by atomic mass is 16.5. The minimum absolute atomic E-state index is 0.00752. The quantitative estimate of drug-likeness (QED) is 0.778. The third-order valence-corrected chi connectivity index (χ3v) is 4.86. The highest BCUT2D eigenvalue weighted by Crippen LogP contribution is 2.21. The summed E-state index contributed by atoms with van der Waals surface area (Å²) >= 11 is 0. The number of nitrogens with one attached hydrogen (secondary N) is 1. The van der Waals surface area contributed by atoms with Gasteiger partial charge in [-0.2, -0.15) is 5.10 Å². The van der Waals surface area contributed by atoms with Crippen LogP contribution in [0.2, 0.25) is 0 Å². The van der Waals surface area contributed by atoms with Gasteiger partial charge in [0.15, 0.2) is 5.69 Å². The van der Waals surface area contributed by atoms with Crippen LogP contribution in [0.4, 0.5) is 0 Å². The number of carbonyl (C=O) groups is 1. The number of ether oxygens (including phenoxy) is 1. The molecule has 1 atom stereocenters. The second-order valence-corrected chi connectivity index (χ2v) is 6.47. The molecule has 4 rings (SSSR count). The van der Waals surface area contributed by atoms with Crippen LogP contribution < -0.4 is 0 Å². The van der Waals surface area contributed by atoms with E-state index in [2.05, 4.69) is 20.2 Å². The Morgan fingerprint density at radius 3 is 3.04 bits per heavy atom. The van der Waals surface area contributed by atoms with Crippen molar-refractivity contribution < 1.29 is 9.53 Å². The summed E-state index contributed by atoms with van der Waals surface area (Å²) in [5.41, 5.74) is 3.25. The first kappa shape index (κ1) is 16.7. The Kier molecular flexibility index (Phi) is 4.62. The van der Waals surface area contributed by atoms with E-state index >= 15 is 0 Å². The highest BCUT2D eigenvalue weighted by Gasteiger charge is 2.30. The van der Waals surface area contributed by atoms with Gasteiger partial charge in [0.05, 0.1) is 36.2 Å². The Bertz CT molecular complexity index is 923. The maximum atomic E-state index is 13.1. The van der Waals surface area contributed by atoms with Crippen LogP contribution in [-0.4, -0.2) is 56.8 Å². The molecule has 1 aliphatic heterocycles. The van der Waals surface area contributed by atoms with E-state index in [9.17, 15) is 4.79 Å². The summed E-state index contributed by atoms with van der Waals surface area (Å²) in [6.07, 6.45) is 4.95. The van der Waals surface area contributed by atoms with E-state index in [4.69, 9.17) is 4.74 Å². The Balaban J connectivity index is 1.53. The van der Waals surface area contributed by atoms with Crippen LogP contribution in [0.25, 0.3) is 10.9 Å². The van der Waals surface area contributed by atoms with Gasteiger partial charge in [-0.3, -0.25) is 19.9 Å². The predicted octanol–water partition coefficient (Wildman–Crippen LogP) is 2.14. The van der Waals surface area contributed by atoms with Gasteiger partial charge in [-0.25, -0.2) is 0 Å². The molecule has 3 aromatic rings. The number of aryl methyl sites for hydroxylation is 2. The van der Waals surface area contributed by atoms with Crippen molar-refractivity contribution >= 4 is 16.8 Å². The minimum atomic E-state index is -0.0494. The molecule has 2 aromatic heterocycles. The van der Waals surface area contributed by atoms with Crippen LogP contribution in [-0.2, 0) is 11.2 Å². The van der Waals surface area contributed by atoms with Crippen molar-refractivity contribution in [2.24, 2.45) is 0 Å². The van der Waals surface area contributed by atoms with Crippen LogP contribution in [0.5, 0.6) is 0 Å². The van der Waals surface area contributed by atoms with Crippen LogP contribution in [0.3, 0.4) is 0 Å². The third-order valence-electron chi connectivity index (χ3n) is 4.86. The summed E-state index contributed by atoms with van der Waals surface area (Å²) in [6.45, 7) is 3.62. The van der Waals surface area contributed by atoms with Gasteiger partial charge in [0, 0.05) is 24.3 Å². The number of para-hydroxylation sites is 1. The topological polar surface area (TPSA) is 84.0 Å². The number of H-pyrrole nitrogens is 1. The molecular weight excluding hydrogens is 330 g/mol. The number of hydrogen-bond donors (Lipinski definition) is 1. The first-order chi connectivity index (χ1) is 12.7. The van der Waals surface area contributed by atoms with Gasteiger partial charge in [-0.15, -0.1) is 0 Å². The highest BCUT2D eigenvalue weighted by molar-refractivity contribution is 6.04. The van der Waals surface area contributed by atoms with Crippen molar-refractivity contribution in [1.82, 2.24) is 25.1 Å². The standard InChI is InChI=1S/C19H21N5O2/c1-13-16(21-9-8-20-13)7-6-14-12-26-11-10-24(14)19(25)18-15-4-2-3-5-17(15)22-23-18/h2-5,8-9,14H,6-7,10-12H2,1H3,(H,22,23)/t14-/m0/s1. The van der Waals surface area contributed by atoms with Crippen molar-refractivity contribution in [3.8, 4) is 0 Å². The second-order valence-electron chi connectivity index (χ2n) is 6.47. The molecule has 1 saturated heterocycles. The SMILES string of the molecule is Cc1nccnc1CC[C@H]1COCCN1C(=O)c1n[nH]c2ccccc12. The fourth-order valence-electron chi connectivity index (χ4n) is 3.41. The zero-order valence-electron chi connectivity index (χ0n) is 14.7. The van der Waals surface area contributed by atoms with Gasteiger partial charge in [-0.05, 0) is 25.8 Å². The van der Waals surface area contributed by atoms with Crippen molar-refractivity contribution in [3.63, 3.8) is 0 Å². The zero-order chi connectivity index (χ0) is 17.9. The molecule has 1 fully saturated rings. The molecule has 1 N–H and O–H groups in total. The second kappa shape index (κ2) is 7.21. The maximum Gasteiger partial charge on any atom is 0.275 e. The van der Waals surface area contributed by atoms with Gasteiger partial charge in [-0.1, -0.05) is 18.2 Å². The van der Waals surface area contributed by atoms with Crippen molar-refractivity contribution in [1.29, 1.82) is 0 Å². The molecule has 1 aromatic carbocycles. The number of carbonyl (C=O) groups excluding carboxylic acids is 1. The van der Waals surface area contributed by atoms with Gasteiger partial charge in [0.2, 0.25) is 0 Å². The average Bonchev–Trinajstić information content (AvgIpc) is 3.11. The monoisotopic (exact) mass is 351 g/mol. The zero-order valence-corrected chi connectivity index (χ0v) is 14.7. The van der Waals surface area contributed by atoms with E-state index in [1.165, 1.54) is 0 Å². The first-order valence-corrected chi connectivity index (χ1v) is 8.82. The molecule has 0 saturated carbocycles. The molecule has 1 amide bonds. The number of morpholine rings is 1. The van der Waals surface area contributed by atoms with Crippen LogP contribution >= 0.6 is 0 Å². The van der Waals surface area contributed by atoms with E-state index in [0.29, 0.717) is 25.5 Å². The lowest BCUT2D eigenvalue weighted by Gasteiger charge is -2.35. The smallest absolute Gasteiger partial charge is 0.275 e. The van der Waals surface area contributed by atoms with Gasteiger partial charge in [0.1, 0.15) is 0 Å². The molecule has 3 heterocycles. The number of rotatable bonds is 4. The Morgan fingerprint density at radius 2 is 2.15 bits per heavy atom. The van der Waals surface area contributed by atoms with E-state index in [1.807, 2.05) is 36.1 Å². The summed E-state index contributed by atoms with van der Waals surface area (Å²) in [5, 5.41) is 8.05. The van der Waals surface area contributed by atoms with Crippen LogP contribution in [0.1, 0.15) is 28.3 Å². The average molecular weight is 351 g/mol. The van der Waals surface area contributed by atoms with E-state index < -0.39 is 0 Å². The number of hydrogen-bond acceptors (Lipinski definition) is 5. The van der Waals surface area contributed by atoms with Crippen molar-refractivity contribution in [2.45, 2.75) is 25.8 Å². The summed E-state index contributed by atoms with van der Waals surface area (Å²) in [6, 6.07) is 7.70. The molecule has 26 heavy (non-hydrogen) atoms. The lowest BCUT2D eigenvalue weighted by molar-refractivity contribution is -0.00434. The predicted molar refractivity (Wildman–Crippen MR) is 96.8 cm³/mol. The largest absolute Gasteiger partial charge is 0.377 e. The summed E-state index contributed by atoms with van der Waals surface area (Å²) in [7, 11) is 0. The van der Waals surface area contributed by atoms with E-state index in [-0.39, 0.29) is 11.9 Å². The molecule has 0 spiro atoms. The Labute approximate surface area is 151 Å². The van der Waals surface area contributed by atoms with Gasteiger partial charge < -0.3 is 9.64 Å². The molecule has 1 aliphatic rings. The van der Waals surface area contributed by atoms with E-state index in [1.54, 1.807) is 12.4 Å².